The summed E-state index contributed by atoms with van der Waals surface area (Å²) in [6.45, 7) is 0.544. The Kier molecular flexibility index (Phi) is 9.06. The van der Waals surface area contributed by atoms with Gasteiger partial charge in [-0.3, -0.25) is 19.1 Å². The Morgan fingerprint density at radius 2 is 1.78 bits per heavy atom. The highest BCUT2D eigenvalue weighted by atomic mass is 35.5. The number of aryl methyl sites for hydroxylation is 1. The molecule has 2 unspecified atom stereocenters. The van der Waals surface area contributed by atoms with Crippen LogP contribution < -0.4 is 10.6 Å². The summed E-state index contributed by atoms with van der Waals surface area (Å²) in [7, 11) is 1.77. The first-order valence-corrected chi connectivity index (χ1v) is 15.3. The first kappa shape index (κ1) is 30.9. The molecule has 1 saturated carbocycles. The number of morpholine rings is 1. The second-order valence-electron chi connectivity index (χ2n) is 11.3. The molecule has 2 aliphatic rings. The van der Waals surface area contributed by atoms with Crippen LogP contribution in [0.5, 0.6) is 5.75 Å². The molecule has 1 aliphatic carbocycles. The van der Waals surface area contributed by atoms with E-state index in [1.54, 1.807) is 66.5 Å². The fourth-order valence-electron chi connectivity index (χ4n) is 5.27. The van der Waals surface area contributed by atoms with E-state index >= 15 is 0 Å². The number of carbonyl (C=O) groups is 3. The molecule has 2 heterocycles. The molecule has 0 bridgehead atoms. The number of nitrogens with one attached hydrogen (secondary N) is 2. The Morgan fingerprint density at radius 3 is 2.52 bits per heavy atom. The summed E-state index contributed by atoms with van der Waals surface area (Å²) < 4.78 is 7.21. The average molecular weight is 638 g/mol. The molecule has 234 valence electrons. The zero-order valence-corrected chi connectivity index (χ0v) is 25.8. The van der Waals surface area contributed by atoms with E-state index in [1.165, 1.54) is 11.0 Å². The highest BCUT2D eigenvalue weighted by molar-refractivity contribution is 6.31. The van der Waals surface area contributed by atoms with Crippen molar-refractivity contribution in [1.29, 1.82) is 0 Å². The molecular formula is C35H32ClN5O5. The van der Waals surface area contributed by atoms with Crippen molar-refractivity contribution in [3.05, 3.63) is 101 Å². The number of phenols is 1. The minimum atomic E-state index is -0.899. The summed E-state index contributed by atoms with van der Waals surface area (Å²) in [6, 6.07) is 19.1. The number of ether oxygens (including phenoxy) is 1. The van der Waals surface area contributed by atoms with Crippen molar-refractivity contribution in [3.63, 3.8) is 0 Å². The molecule has 11 heteroatoms. The number of phenolic OH excluding ortho intramolecular Hbond substituents is 1. The molecule has 3 aromatic carbocycles. The largest absolute Gasteiger partial charge is 0.507 e. The van der Waals surface area contributed by atoms with Crippen LogP contribution in [-0.4, -0.2) is 63.3 Å². The third-order valence-electron chi connectivity index (χ3n) is 7.87. The third kappa shape index (κ3) is 7.07. The molecule has 3 amide bonds. The Morgan fingerprint density at radius 1 is 1.02 bits per heavy atom. The van der Waals surface area contributed by atoms with E-state index in [0.717, 1.165) is 12.8 Å². The number of anilines is 1. The third-order valence-corrected chi connectivity index (χ3v) is 8.10. The van der Waals surface area contributed by atoms with Crippen molar-refractivity contribution >= 4 is 35.0 Å². The van der Waals surface area contributed by atoms with Crippen molar-refractivity contribution in [2.75, 3.05) is 25.1 Å². The molecule has 2 atom stereocenters. The van der Waals surface area contributed by atoms with Gasteiger partial charge in [-0.2, -0.15) is 5.10 Å². The van der Waals surface area contributed by atoms with Crippen LogP contribution in [0.15, 0.2) is 79.0 Å². The number of carbonyl (C=O) groups excluding carboxylic acids is 3. The van der Waals surface area contributed by atoms with Crippen LogP contribution in [0.1, 0.15) is 35.6 Å². The lowest BCUT2D eigenvalue weighted by molar-refractivity contribution is -0.149. The van der Waals surface area contributed by atoms with Gasteiger partial charge in [0.15, 0.2) is 0 Å². The number of rotatable bonds is 7. The summed E-state index contributed by atoms with van der Waals surface area (Å²) in [4.78, 5) is 41.5. The van der Waals surface area contributed by atoms with E-state index < -0.39 is 18.0 Å². The van der Waals surface area contributed by atoms with Gasteiger partial charge in [0.05, 0.1) is 18.8 Å². The van der Waals surface area contributed by atoms with E-state index in [0.29, 0.717) is 38.7 Å². The molecule has 2 fully saturated rings. The molecule has 1 aliphatic heterocycles. The van der Waals surface area contributed by atoms with Crippen LogP contribution in [0.25, 0.3) is 11.3 Å². The normalized spacial score (nSPS) is 16.6. The van der Waals surface area contributed by atoms with E-state index in [-0.39, 0.29) is 43.2 Å². The first-order valence-electron chi connectivity index (χ1n) is 15.0. The molecule has 46 heavy (non-hydrogen) atoms. The molecule has 1 aromatic heterocycles. The van der Waals surface area contributed by atoms with Crippen LogP contribution in [-0.2, 0) is 26.2 Å². The van der Waals surface area contributed by atoms with Crippen molar-refractivity contribution in [2.45, 2.75) is 24.9 Å². The number of aromatic nitrogens is 2. The van der Waals surface area contributed by atoms with Crippen molar-refractivity contribution in [1.82, 2.24) is 20.0 Å². The van der Waals surface area contributed by atoms with Gasteiger partial charge in [-0.15, -0.1) is 0 Å². The summed E-state index contributed by atoms with van der Waals surface area (Å²) in [5, 5.41) is 21.1. The zero-order valence-electron chi connectivity index (χ0n) is 25.1. The minimum absolute atomic E-state index is 0.0365. The number of halogens is 1. The summed E-state index contributed by atoms with van der Waals surface area (Å²) in [5.74, 6) is 5.29. The van der Waals surface area contributed by atoms with Crippen LogP contribution in [0.2, 0.25) is 5.02 Å². The van der Waals surface area contributed by atoms with Gasteiger partial charge in [0.1, 0.15) is 23.5 Å². The molecular weight excluding hydrogens is 606 g/mol. The monoisotopic (exact) mass is 637 g/mol. The smallest absolute Gasteiger partial charge is 0.250 e. The lowest BCUT2D eigenvalue weighted by Crippen LogP contribution is -2.57. The highest BCUT2D eigenvalue weighted by Crippen LogP contribution is 2.33. The van der Waals surface area contributed by atoms with Gasteiger partial charge in [0, 0.05) is 47.5 Å². The maximum Gasteiger partial charge on any atom is 0.250 e. The maximum absolute atomic E-state index is 13.9. The quantitative estimate of drug-likeness (QED) is 0.260. The van der Waals surface area contributed by atoms with Gasteiger partial charge >= 0.3 is 0 Å². The van der Waals surface area contributed by atoms with Gasteiger partial charge in [-0.25, -0.2) is 0 Å². The van der Waals surface area contributed by atoms with Gasteiger partial charge in [0.25, 0.3) is 5.91 Å². The molecule has 4 aromatic rings. The first-order chi connectivity index (χ1) is 22.3. The Hall–Kier alpha value is -5.11. The van der Waals surface area contributed by atoms with Crippen LogP contribution in [0.4, 0.5) is 5.69 Å². The number of hydrogen-bond donors (Lipinski definition) is 3. The van der Waals surface area contributed by atoms with Crippen molar-refractivity contribution in [3.8, 4) is 28.8 Å². The topological polar surface area (TPSA) is 126 Å². The SMILES string of the molecule is Cn1cc(C#Cc2ccc(NC(=O)C3COCCN3C(=O)C(NC(=O)C3CC3)c3ccccc3)cc2)c(-c2cc(Cl)ccc2O)n1. The molecule has 6 rings (SSSR count). The van der Waals surface area contributed by atoms with Crippen LogP contribution in [0.3, 0.4) is 0 Å². The van der Waals surface area contributed by atoms with Gasteiger partial charge in [-0.1, -0.05) is 53.8 Å². The second-order valence-corrected chi connectivity index (χ2v) is 11.7. The number of amides is 3. The number of benzene rings is 3. The lowest BCUT2D eigenvalue weighted by Gasteiger charge is -2.37. The fraction of sp³-hybridized carbons (Fsp3) is 0.257. The number of aromatic hydroxyl groups is 1. The highest BCUT2D eigenvalue weighted by Gasteiger charge is 2.39. The molecule has 0 radical (unpaired) electrons. The van der Waals surface area contributed by atoms with Crippen LogP contribution >= 0.6 is 11.6 Å². The lowest BCUT2D eigenvalue weighted by atomic mass is 10.0. The maximum atomic E-state index is 13.9. The average Bonchev–Trinajstić information content (AvgIpc) is 3.86. The van der Waals surface area contributed by atoms with Crippen LogP contribution in [0, 0.1) is 17.8 Å². The molecule has 1 saturated heterocycles. The van der Waals surface area contributed by atoms with Crippen molar-refractivity contribution < 1.29 is 24.2 Å². The summed E-state index contributed by atoms with van der Waals surface area (Å²) in [5.41, 5.74) is 3.48. The van der Waals surface area contributed by atoms with Gasteiger partial charge < -0.3 is 25.4 Å². The van der Waals surface area contributed by atoms with E-state index in [9.17, 15) is 19.5 Å². The standard InChI is InChI=1S/C35H32ClN5O5/c1-40-20-25(31(39-40)28-19-26(36)13-16-30(28)42)10-7-22-8-14-27(15-9-22)37-34(44)29-21-46-18-17-41(29)35(45)32(23-5-3-2-4-6-23)38-33(43)24-11-12-24/h2-6,8-9,13-16,19-20,24,29,32,42H,11-12,17-18,21H2,1H3,(H,37,44)(H,38,43). The molecule has 0 spiro atoms. The number of nitrogens with zero attached hydrogens (tertiary/aromatic N) is 3. The van der Waals surface area contributed by atoms with E-state index in [1.807, 2.05) is 18.2 Å². The fourth-order valence-corrected chi connectivity index (χ4v) is 5.44. The van der Waals surface area contributed by atoms with E-state index in [4.69, 9.17) is 16.3 Å². The Balaban J connectivity index is 1.16. The predicted molar refractivity (Wildman–Crippen MR) is 173 cm³/mol. The summed E-state index contributed by atoms with van der Waals surface area (Å²) in [6.07, 6.45) is 3.38. The Bertz CT molecular complexity index is 1830. The molecule has 10 nitrogen and oxygen atoms in total. The molecule has 3 N–H and O–H groups in total. The minimum Gasteiger partial charge on any atom is -0.507 e. The predicted octanol–water partition coefficient (Wildman–Crippen LogP) is 4.28. The van der Waals surface area contributed by atoms with E-state index in [2.05, 4.69) is 27.6 Å². The zero-order chi connectivity index (χ0) is 32.2. The van der Waals surface area contributed by atoms with Gasteiger partial charge in [-0.05, 0) is 60.9 Å². The van der Waals surface area contributed by atoms with Crippen molar-refractivity contribution in [2.24, 2.45) is 13.0 Å². The second kappa shape index (κ2) is 13.5. The van der Waals surface area contributed by atoms with Gasteiger partial charge in [0.2, 0.25) is 11.8 Å². The Labute approximate surface area is 271 Å². The number of hydrogen-bond acceptors (Lipinski definition) is 6. The summed E-state index contributed by atoms with van der Waals surface area (Å²) >= 11 is 6.14.